The first-order valence-corrected chi connectivity index (χ1v) is 9.07. The molecule has 0 fully saturated rings. The maximum absolute atomic E-state index is 12.4. The van der Waals surface area contributed by atoms with Gasteiger partial charge in [0.05, 0.1) is 18.3 Å². The number of carbonyl (C=O) groups excluding carboxylic acids is 1. The molecule has 7 heteroatoms. The summed E-state index contributed by atoms with van der Waals surface area (Å²) in [6.45, 7) is 6.05. The quantitative estimate of drug-likeness (QED) is 0.653. The lowest BCUT2D eigenvalue weighted by Gasteiger charge is -2.11. The third-order valence-electron chi connectivity index (χ3n) is 3.73. The van der Waals surface area contributed by atoms with E-state index < -0.39 is 0 Å². The van der Waals surface area contributed by atoms with Crippen LogP contribution in [0.15, 0.2) is 54.7 Å². The van der Waals surface area contributed by atoms with Gasteiger partial charge in [-0.15, -0.1) is 0 Å². The monoisotopic (exact) mass is 377 g/mol. The summed E-state index contributed by atoms with van der Waals surface area (Å²) in [5.74, 6) is 1.58. The van der Waals surface area contributed by atoms with Crippen LogP contribution >= 0.6 is 0 Å². The van der Waals surface area contributed by atoms with E-state index >= 15 is 0 Å². The molecule has 0 aliphatic carbocycles. The van der Waals surface area contributed by atoms with Crippen molar-refractivity contribution in [3.8, 4) is 5.75 Å². The van der Waals surface area contributed by atoms with Crippen molar-refractivity contribution in [3.63, 3.8) is 0 Å². The van der Waals surface area contributed by atoms with Crippen LogP contribution in [0.3, 0.4) is 0 Å². The van der Waals surface area contributed by atoms with E-state index in [0.29, 0.717) is 23.9 Å². The minimum absolute atomic E-state index is 0.121. The first kappa shape index (κ1) is 19.3. The lowest BCUT2D eigenvalue weighted by Crippen LogP contribution is -2.24. The molecule has 0 radical (unpaired) electrons. The molecule has 3 aromatic rings. The van der Waals surface area contributed by atoms with Crippen molar-refractivity contribution in [2.24, 2.45) is 0 Å². The van der Waals surface area contributed by atoms with Gasteiger partial charge in [-0.3, -0.25) is 9.78 Å². The Balaban J connectivity index is 1.67. The first-order chi connectivity index (χ1) is 13.5. The van der Waals surface area contributed by atoms with Crippen LogP contribution in [0.2, 0.25) is 0 Å². The second-order valence-corrected chi connectivity index (χ2v) is 6.51. The van der Waals surface area contributed by atoms with Crippen LogP contribution in [0.1, 0.15) is 35.9 Å². The lowest BCUT2D eigenvalue weighted by atomic mass is 10.3. The molecule has 1 amide bonds. The largest absolute Gasteiger partial charge is 0.491 e. The van der Waals surface area contributed by atoms with Gasteiger partial charge in [0.25, 0.3) is 5.91 Å². The zero-order valence-electron chi connectivity index (χ0n) is 16.1. The van der Waals surface area contributed by atoms with Crippen molar-refractivity contribution in [1.82, 2.24) is 20.3 Å². The van der Waals surface area contributed by atoms with Crippen molar-refractivity contribution in [2.45, 2.75) is 33.4 Å². The van der Waals surface area contributed by atoms with E-state index in [0.717, 1.165) is 17.1 Å². The number of nitrogens with one attached hydrogen (secondary N) is 2. The molecular formula is C21H23N5O2. The third kappa shape index (κ3) is 5.51. The number of hydrogen-bond donors (Lipinski definition) is 2. The highest BCUT2D eigenvalue weighted by molar-refractivity contribution is 5.93. The standard InChI is InChI=1S/C21H23N5O2/c1-14(2)28-18-9-7-16(8-10-18)26-20-12-19(24-15(3)25-20)21(27)23-13-17-6-4-5-11-22-17/h4-12,14H,13H2,1-3H3,(H,23,27)(H,24,25,26). The highest BCUT2D eigenvalue weighted by Crippen LogP contribution is 2.20. The van der Waals surface area contributed by atoms with Gasteiger partial charge in [-0.2, -0.15) is 0 Å². The van der Waals surface area contributed by atoms with Crippen LogP contribution in [0.4, 0.5) is 11.5 Å². The summed E-state index contributed by atoms with van der Waals surface area (Å²) in [7, 11) is 0. The molecule has 0 bridgehead atoms. The number of hydrogen-bond acceptors (Lipinski definition) is 6. The van der Waals surface area contributed by atoms with E-state index in [1.54, 1.807) is 19.2 Å². The zero-order chi connectivity index (χ0) is 19.9. The average molecular weight is 377 g/mol. The third-order valence-corrected chi connectivity index (χ3v) is 3.73. The van der Waals surface area contributed by atoms with Gasteiger partial charge in [0, 0.05) is 18.0 Å². The molecule has 0 saturated heterocycles. The number of carbonyl (C=O) groups is 1. The molecule has 1 aromatic carbocycles. The Bertz CT molecular complexity index is 927. The fourth-order valence-electron chi connectivity index (χ4n) is 2.55. The smallest absolute Gasteiger partial charge is 0.270 e. The highest BCUT2D eigenvalue weighted by Gasteiger charge is 2.11. The molecule has 2 heterocycles. The van der Waals surface area contributed by atoms with E-state index in [2.05, 4.69) is 25.6 Å². The van der Waals surface area contributed by atoms with E-state index in [-0.39, 0.29) is 12.0 Å². The van der Waals surface area contributed by atoms with E-state index in [1.807, 2.05) is 56.3 Å². The summed E-state index contributed by atoms with van der Waals surface area (Å²) in [5, 5.41) is 6.02. The minimum atomic E-state index is -0.278. The molecule has 0 aliphatic heterocycles. The average Bonchev–Trinajstić information content (AvgIpc) is 2.67. The Morgan fingerprint density at radius 3 is 2.57 bits per heavy atom. The molecule has 0 spiro atoms. The van der Waals surface area contributed by atoms with Gasteiger partial charge in [-0.25, -0.2) is 9.97 Å². The SMILES string of the molecule is Cc1nc(Nc2ccc(OC(C)C)cc2)cc(C(=O)NCc2ccccn2)n1. The normalized spacial score (nSPS) is 10.6. The number of aromatic nitrogens is 3. The number of nitrogens with zero attached hydrogens (tertiary/aromatic N) is 3. The second-order valence-electron chi connectivity index (χ2n) is 6.51. The van der Waals surface area contributed by atoms with Crippen molar-refractivity contribution in [1.29, 1.82) is 0 Å². The predicted molar refractivity (Wildman–Crippen MR) is 108 cm³/mol. The molecule has 0 aliphatic rings. The highest BCUT2D eigenvalue weighted by atomic mass is 16.5. The fourth-order valence-corrected chi connectivity index (χ4v) is 2.55. The lowest BCUT2D eigenvalue weighted by molar-refractivity contribution is 0.0945. The van der Waals surface area contributed by atoms with E-state index in [1.165, 1.54) is 0 Å². The molecule has 0 atom stereocenters. The van der Waals surface area contributed by atoms with E-state index in [4.69, 9.17) is 4.74 Å². The molecule has 2 N–H and O–H groups in total. The number of amides is 1. The van der Waals surface area contributed by atoms with Crippen molar-refractivity contribution < 1.29 is 9.53 Å². The molecule has 2 aromatic heterocycles. The summed E-state index contributed by atoms with van der Waals surface area (Å²) in [4.78, 5) is 25.2. The molecule has 0 unspecified atom stereocenters. The first-order valence-electron chi connectivity index (χ1n) is 9.07. The predicted octanol–water partition coefficient (Wildman–Crippen LogP) is 3.64. The minimum Gasteiger partial charge on any atom is -0.491 e. The summed E-state index contributed by atoms with van der Waals surface area (Å²) < 4.78 is 5.64. The number of pyridine rings is 1. The van der Waals surface area contributed by atoms with Gasteiger partial charge in [0.15, 0.2) is 0 Å². The van der Waals surface area contributed by atoms with Gasteiger partial charge >= 0.3 is 0 Å². The number of rotatable bonds is 7. The van der Waals surface area contributed by atoms with Crippen LogP contribution in [-0.4, -0.2) is 27.0 Å². The fraction of sp³-hybridized carbons (Fsp3) is 0.238. The van der Waals surface area contributed by atoms with Crippen LogP contribution in [0, 0.1) is 6.92 Å². The van der Waals surface area contributed by atoms with Gasteiger partial charge in [-0.1, -0.05) is 6.07 Å². The summed E-state index contributed by atoms with van der Waals surface area (Å²) in [5.41, 5.74) is 1.92. The second kappa shape index (κ2) is 8.94. The summed E-state index contributed by atoms with van der Waals surface area (Å²) >= 11 is 0. The van der Waals surface area contributed by atoms with Crippen LogP contribution in [-0.2, 0) is 6.54 Å². The topological polar surface area (TPSA) is 89.0 Å². The summed E-state index contributed by atoms with van der Waals surface area (Å²) in [6, 6.07) is 14.8. The van der Waals surface area contributed by atoms with Crippen molar-refractivity contribution in [2.75, 3.05) is 5.32 Å². The number of benzene rings is 1. The van der Waals surface area contributed by atoms with Gasteiger partial charge < -0.3 is 15.4 Å². The van der Waals surface area contributed by atoms with Crippen molar-refractivity contribution in [3.05, 3.63) is 71.9 Å². The number of anilines is 2. The van der Waals surface area contributed by atoms with E-state index in [9.17, 15) is 4.79 Å². The Kier molecular flexibility index (Phi) is 6.16. The maximum atomic E-state index is 12.4. The number of ether oxygens (including phenoxy) is 1. The Morgan fingerprint density at radius 1 is 1.11 bits per heavy atom. The molecular weight excluding hydrogens is 354 g/mol. The van der Waals surface area contributed by atoms with Gasteiger partial charge in [-0.05, 0) is 57.2 Å². The van der Waals surface area contributed by atoms with Crippen molar-refractivity contribution >= 4 is 17.4 Å². The molecule has 0 saturated carbocycles. The Hall–Kier alpha value is -3.48. The van der Waals surface area contributed by atoms with Crippen LogP contribution in [0.25, 0.3) is 0 Å². The molecule has 144 valence electrons. The molecule has 3 rings (SSSR count). The summed E-state index contributed by atoms with van der Waals surface area (Å²) in [6.07, 6.45) is 1.81. The van der Waals surface area contributed by atoms with Crippen LogP contribution < -0.4 is 15.4 Å². The van der Waals surface area contributed by atoms with Crippen LogP contribution in [0.5, 0.6) is 5.75 Å². The zero-order valence-corrected chi connectivity index (χ0v) is 16.1. The molecule has 7 nitrogen and oxygen atoms in total. The Morgan fingerprint density at radius 2 is 1.89 bits per heavy atom. The maximum Gasteiger partial charge on any atom is 0.270 e. The Labute approximate surface area is 164 Å². The molecule has 28 heavy (non-hydrogen) atoms. The number of aryl methyl sites for hydroxylation is 1. The van der Waals surface area contributed by atoms with Gasteiger partial charge in [0.2, 0.25) is 0 Å². The van der Waals surface area contributed by atoms with Gasteiger partial charge in [0.1, 0.15) is 23.1 Å².